The van der Waals surface area contributed by atoms with Gasteiger partial charge in [0.1, 0.15) is 0 Å². The zero-order valence-corrected chi connectivity index (χ0v) is 12.6. The Kier molecular flexibility index (Phi) is 5.86. The highest BCUT2D eigenvalue weighted by Crippen LogP contribution is 2.31. The van der Waals surface area contributed by atoms with Crippen molar-refractivity contribution in [1.82, 2.24) is 5.32 Å². The van der Waals surface area contributed by atoms with E-state index in [9.17, 15) is 4.79 Å². The summed E-state index contributed by atoms with van der Waals surface area (Å²) in [5.41, 5.74) is 2.53. The molecule has 0 fully saturated rings. The number of ether oxygens (including phenoxy) is 1. The summed E-state index contributed by atoms with van der Waals surface area (Å²) in [6.07, 6.45) is 3.13. The van der Waals surface area contributed by atoms with Gasteiger partial charge < -0.3 is 10.1 Å². The summed E-state index contributed by atoms with van der Waals surface area (Å²) < 4.78 is 5.33. The molecular formula is C15H20BrNO2. The summed E-state index contributed by atoms with van der Waals surface area (Å²) in [7, 11) is 0. The molecule has 0 saturated heterocycles. The summed E-state index contributed by atoms with van der Waals surface area (Å²) in [5, 5.41) is 3.80. The van der Waals surface area contributed by atoms with Crippen molar-refractivity contribution in [2.24, 2.45) is 0 Å². The maximum atomic E-state index is 12.2. The standard InChI is InChI=1S/C15H20BrNO2/c16-8-10-19-11-9-17-15(18)14-7-3-5-12-4-1-2-6-13(12)14/h1-2,4,6,14H,3,5,7-11H2,(H,17,18). The molecule has 2 rings (SSSR count). The van der Waals surface area contributed by atoms with Gasteiger partial charge in [-0.3, -0.25) is 4.79 Å². The quantitative estimate of drug-likeness (QED) is 0.645. The molecule has 4 heteroatoms. The summed E-state index contributed by atoms with van der Waals surface area (Å²) in [5.74, 6) is 0.149. The second-order valence-corrected chi connectivity index (χ2v) is 5.53. The van der Waals surface area contributed by atoms with Crippen molar-refractivity contribution in [2.75, 3.05) is 25.1 Å². The van der Waals surface area contributed by atoms with Crippen LogP contribution in [0.15, 0.2) is 24.3 Å². The smallest absolute Gasteiger partial charge is 0.227 e. The van der Waals surface area contributed by atoms with Gasteiger partial charge >= 0.3 is 0 Å². The van der Waals surface area contributed by atoms with Crippen LogP contribution in [-0.4, -0.2) is 31.0 Å². The van der Waals surface area contributed by atoms with Crippen LogP contribution in [-0.2, 0) is 16.0 Å². The first kappa shape index (κ1) is 14.5. The number of carbonyl (C=O) groups excluding carboxylic acids is 1. The Morgan fingerprint density at radius 1 is 1.37 bits per heavy atom. The SMILES string of the molecule is O=C(NCCOCCBr)C1CCCc2ccccc21. The van der Waals surface area contributed by atoms with Gasteiger partial charge in [0.25, 0.3) is 0 Å². The van der Waals surface area contributed by atoms with Crippen LogP contribution in [0.4, 0.5) is 0 Å². The normalized spacial score (nSPS) is 17.8. The average molecular weight is 326 g/mol. The number of benzene rings is 1. The van der Waals surface area contributed by atoms with E-state index in [1.807, 2.05) is 12.1 Å². The molecule has 1 unspecified atom stereocenters. The van der Waals surface area contributed by atoms with E-state index in [1.165, 1.54) is 11.1 Å². The molecule has 3 nitrogen and oxygen atoms in total. The minimum atomic E-state index is 0.0149. The lowest BCUT2D eigenvalue weighted by Gasteiger charge is -2.24. The molecular weight excluding hydrogens is 306 g/mol. The molecule has 0 spiro atoms. The Hall–Kier alpha value is -0.870. The number of aryl methyl sites for hydroxylation is 1. The predicted octanol–water partition coefficient (Wildman–Crippen LogP) is 2.63. The molecule has 1 aromatic carbocycles. The number of hydrogen-bond acceptors (Lipinski definition) is 2. The monoisotopic (exact) mass is 325 g/mol. The molecule has 104 valence electrons. The van der Waals surface area contributed by atoms with E-state index < -0.39 is 0 Å². The van der Waals surface area contributed by atoms with Crippen LogP contribution in [0.5, 0.6) is 0 Å². The fraction of sp³-hybridized carbons (Fsp3) is 0.533. The van der Waals surface area contributed by atoms with Crippen molar-refractivity contribution < 1.29 is 9.53 Å². The summed E-state index contributed by atoms with van der Waals surface area (Å²) in [4.78, 5) is 12.2. The number of carbonyl (C=O) groups is 1. The first-order valence-electron chi connectivity index (χ1n) is 6.82. The highest BCUT2D eigenvalue weighted by atomic mass is 79.9. The maximum Gasteiger partial charge on any atom is 0.227 e. The van der Waals surface area contributed by atoms with Gasteiger partial charge in [-0.1, -0.05) is 40.2 Å². The Balaban J connectivity index is 1.86. The molecule has 1 aromatic rings. The van der Waals surface area contributed by atoms with Gasteiger partial charge in [-0.25, -0.2) is 0 Å². The first-order valence-corrected chi connectivity index (χ1v) is 7.94. The van der Waals surface area contributed by atoms with E-state index in [2.05, 4.69) is 33.4 Å². The Labute approximate surface area is 122 Å². The van der Waals surface area contributed by atoms with Crippen LogP contribution in [0, 0.1) is 0 Å². The molecule has 0 saturated carbocycles. The molecule has 1 amide bonds. The highest BCUT2D eigenvalue weighted by molar-refractivity contribution is 9.09. The summed E-state index contributed by atoms with van der Waals surface area (Å²) >= 11 is 3.30. The van der Waals surface area contributed by atoms with Gasteiger partial charge in [0, 0.05) is 11.9 Å². The van der Waals surface area contributed by atoms with Gasteiger partial charge in [0.15, 0.2) is 0 Å². The lowest BCUT2D eigenvalue weighted by Crippen LogP contribution is -2.33. The molecule has 19 heavy (non-hydrogen) atoms. The Morgan fingerprint density at radius 2 is 2.21 bits per heavy atom. The molecule has 1 atom stereocenters. The third kappa shape index (κ3) is 4.05. The Bertz CT molecular complexity index is 422. The van der Waals surface area contributed by atoms with Crippen molar-refractivity contribution >= 4 is 21.8 Å². The molecule has 0 bridgehead atoms. The van der Waals surface area contributed by atoms with E-state index in [1.54, 1.807) is 0 Å². The molecule has 1 N–H and O–H groups in total. The van der Waals surface area contributed by atoms with E-state index in [4.69, 9.17) is 4.74 Å². The fourth-order valence-electron chi connectivity index (χ4n) is 2.55. The zero-order valence-electron chi connectivity index (χ0n) is 11.0. The average Bonchev–Trinajstić information content (AvgIpc) is 2.46. The first-order chi connectivity index (χ1) is 9.33. The largest absolute Gasteiger partial charge is 0.379 e. The van der Waals surface area contributed by atoms with Crippen molar-refractivity contribution in [3.63, 3.8) is 0 Å². The number of fused-ring (bicyclic) bond motifs is 1. The number of alkyl halides is 1. The topological polar surface area (TPSA) is 38.3 Å². The lowest BCUT2D eigenvalue weighted by molar-refractivity contribution is -0.123. The van der Waals surface area contributed by atoms with Crippen molar-refractivity contribution in [2.45, 2.75) is 25.2 Å². The summed E-state index contributed by atoms with van der Waals surface area (Å²) in [6, 6.07) is 8.28. The van der Waals surface area contributed by atoms with E-state index in [-0.39, 0.29) is 11.8 Å². The van der Waals surface area contributed by atoms with E-state index >= 15 is 0 Å². The third-order valence-electron chi connectivity index (χ3n) is 3.45. The summed E-state index contributed by atoms with van der Waals surface area (Å²) in [6.45, 7) is 1.85. The van der Waals surface area contributed by atoms with E-state index in [0.717, 1.165) is 24.6 Å². The zero-order chi connectivity index (χ0) is 13.5. The van der Waals surface area contributed by atoms with Gasteiger partial charge in [0.2, 0.25) is 5.91 Å². The maximum absolute atomic E-state index is 12.2. The third-order valence-corrected chi connectivity index (χ3v) is 3.78. The van der Waals surface area contributed by atoms with Gasteiger partial charge in [-0.15, -0.1) is 0 Å². The number of amides is 1. The molecule has 0 heterocycles. The molecule has 0 radical (unpaired) electrons. The second-order valence-electron chi connectivity index (χ2n) is 4.74. The minimum absolute atomic E-state index is 0.0149. The molecule has 1 aliphatic carbocycles. The number of nitrogens with one attached hydrogen (secondary N) is 1. The van der Waals surface area contributed by atoms with Crippen molar-refractivity contribution in [1.29, 1.82) is 0 Å². The number of hydrogen-bond donors (Lipinski definition) is 1. The van der Waals surface area contributed by atoms with Crippen LogP contribution in [0.1, 0.15) is 29.9 Å². The highest BCUT2D eigenvalue weighted by Gasteiger charge is 2.25. The van der Waals surface area contributed by atoms with Crippen LogP contribution < -0.4 is 5.32 Å². The molecule has 0 aromatic heterocycles. The predicted molar refractivity (Wildman–Crippen MR) is 79.7 cm³/mol. The minimum Gasteiger partial charge on any atom is -0.379 e. The van der Waals surface area contributed by atoms with Crippen molar-refractivity contribution in [3.8, 4) is 0 Å². The van der Waals surface area contributed by atoms with Crippen LogP contribution in [0.25, 0.3) is 0 Å². The number of rotatable bonds is 6. The van der Waals surface area contributed by atoms with Crippen LogP contribution >= 0.6 is 15.9 Å². The lowest BCUT2D eigenvalue weighted by atomic mass is 9.82. The fourth-order valence-corrected chi connectivity index (χ4v) is 2.78. The second kappa shape index (κ2) is 7.65. The molecule has 0 aliphatic heterocycles. The van der Waals surface area contributed by atoms with E-state index in [0.29, 0.717) is 19.8 Å². The number of halogens is 1. The van der Waals surface area contributed by atoms with Crippen LogP contribution in [0.2, 0.25) is 0 Å². The van der Waals surface area contributed by atoms with Gasteiger partial charge in [0.05, 0.1) is 19.1 Å². The van der Waals surface area contributed by atoms with Crippen LogP contribution in [0.3, 0.4) is 0 Å². The molecule has 1 aliphatic rings. The van der Waals surface area contributed by atoms with Gasteiger partial charge in [-0.05, 0) is 30.4 Å². The van der Waals surface area contributed by atoms with Crippen molar-refractivity contribution in [3.05, 3.63) is 35.4 Å². The van der Waals surface area contributed by atoms with Gasteiger partial charge in [-0.2, -0.15) is 0 Å². The Morgan fingerprint density at radius 3 is 3.05 bits per heavy atom.